The van der Waals surface area contributed by atoms with Gasteiger partial charge < -0.3 is 19.7 Å². The van der Waals surface area contributed by atoms with Gasteiger partial charge in [0.2, 0.25) is 11.2 Å². The van der Waals surface area contributed by atoms with Crippen molar-refractivity contribution < 1.29 is 43.3 Å². The van der Waals surface area contributed by atoms with E-state index in [1.165, 1.54) is 41.5 Å². The molecule has 1 saturated carbocycles. The fourth-order valence-corrected chi connectivity index (χ4v) is 2.16. The summed E-state index contributed by atoms with van der Waals surface area (Å²) in [6, 6.07) is 0. The van der Waals surface area contributed by atoms with E-state index in [0.29, 0.717) is 0 Å². The second kappa shape index (κ2) is 5.85. The highest BCUT2D eigenvalue weighted by Crippen LogP contribution is 2.56. The third-order valence-corrected chi connectivity index (χ3v) is 3.26. The van der Waals surface area contributed by atoms with Crippen LogP contribution in [0.15, 0.2) is 0 Å². The first-order chi connectivity index (χ1) is 11.0. The first-order valence-electron chi connectivity index (χ1n) is 7.40. The second-order valence-corrected chi connectivity index (χ2v) is 7.74. The number of carbonyl (C=O) groups excluding carboxylic acids is 2. The van der Waals surface area contributed by atoms with E-state index in [9.17, 15) is 28.7 Å². The zero-order valence-corrected chi connectivity index (χ0v) is 14.9. The topological polar surface area (TPSA) is 130 Å². The molecule has 0 aromatic rings. The van der Waals surface area contributed by atoms with E-state index in [1.807, 2.05) is 0 Å². The minimum absolute atomic E-state index is 0.0973. The average molecular weight is 363 g/mol. The molecular weight excluding hydrogens is 341 g/mol. The van der Waals surface area contributed by atoms with Crippen LogP contribution in [0.1, 0.15) is 48.0 Å². The number of aliphatic carboxylic acids is 2. The predicted molar refractivity (Wildman–Crippen MR) is 80.8 cm³/mol. The van der Waals surface area contributed by atoms with Gasteiger partial charge in [0, 0.05) is 6.42 Å². The number of nitrogens with zero attached hydrogens (tertiary/aromatic N) is 1. The molecule has 0 aromatic carbocycles. The molecule has 2 N–H and O–H groups in total. The van der Waals surface area contributed by atoms with Gasteiger partial charge in [-0.05, 0) is 41.5 Å². The zero-order chi connectivity index (χ0) is 20.0. The first-order valence-corrected chi connectivity index (χ1v) is 7.40. The van der Waals surface area contributed by atoms with Gasteiger partial charge in [0.15, 0.2) is 0 Å². The molecule has 9 nitrogen and oxygen atoms in total. The number of carboxylic acids is 2. The maximum atomic E-state index is 14.6. The molecule has 0 spiro atoms. The minimum atomic E-state index is -3.34. The van der Waals surface area contributed by atoms with Gasteiger partial charge in [-0.3, -0.25) is 0 Å². The van der Waals surface area contributed by atoms with Crippen molar-refractivity contribution in [3.05, 3.63) is 0 Å². The molecule has 1 aliphatic carbocycles. The number of ether oxygens (including phenoxy) is 2. The van der Waals surface area contributed by atoms with Crippen LogP contribution in [0.2, 0.25) is 0 Å². The van der Waals surface area contributed by atoms with Crippen LogP contribution in [-0.2, 0) is 19.1 Å². The van der Waals surface area contributed by atoms with Crippen LogP contribution in [0.25, 0.3) is 0 Å². The number of carboxylic acid groups (broad SMARTS) is 2. The summed E-state index contributed by atoms with van der Waals surface area (Å²) in [4.78, 5) is 47.4. The maximum absolute atomic E-state index is 14.6. The zero-order valence-electron chi connectivity index (χ0n) is 14.9. The molecule has 0 bridgehead atoms. The molecule has 1 fully saturated rings. The molecule has 0 unspecified atom stereocenters. The normalized spacial score (nSPS) is 25.7. The quantitative estimate of drug-likeness (QED) is 0.780. The van der Waals surface area contributed by atoms with Gasteiger partial charge in [-0.1, -0.05) is 0 Å². The smallest absolute Gasteiger partial charge is 0.421 e. The van der Waals surface area contributed by atoms with E-state index >= 15 is 0 Å². The molecule has 142 valence electrons. The Kier molecular flexibility index (Phi) is 4.83. The fraction of sp³-hybridized carbons (Fsp3) is 0.733. The molecule has 0 saturated heterocycles. The Bertz CT molecular complexity index is 592. The Labute approximate surface area is 143 Å². The number of rotatable bonds is 3. The predicted octanol–water partition coefficient (Wildman–Crippen LogP) is 2.18. The molecule has 0 radical (unpaired) electrons. The van der Waals surface area contributed by atoms with E-state index in [0.717, 1.165) is 0 Å². The van der Waals surface area contributed by atoms with E-state index in [4.69, 9.17) is 14.6 Å². The van der Waals surface area contributed by atoms with Crippen LogP contribution >= 0.6 is 0 Å². The Hall–Kier alpha value is -2.39. The summed E-state index contributed by atoms with van der Waals surface area (Å²) in [6.45, 7) is 8.66. The summed E-state index contributed by atoms with van der Waals surface area (Å²) in [7, 11) is 0. The van der Waals surface area contributed by atoms with E-state index < -0.39 is 53.0 Å². The van der Waals surface area contributed by atoms with Crippen LogP contribution in [0.3, 0.4) is 0 Å². The highest BCUT2D eigenvalue weighted by Gasteiger charge is 2.85. The molecule has 0 aromatic heterocycles. The number of amides is 2. The van der Waals surface area contributed by atoms with Crippen LogP contribution in [0.4, 0.5) is 14.0 Å². The van der Waals surface area contributed by atoms with Gasteiger partial charge in [-0.25, -0.2) is 23.6 Å². The summed E-state index contributed by atoms with van der Waals surface area (Å²) in [5.74, 6) is -4.10. The van der Waals surface area contributed by atoms with Crippen molar-refractivity contribution in [3.63, 3.8) is 0 Å². The Morgan fingerprint density at radius 3 is 1.44 bits per heavy atom. The number of carbonyl (C=O) groups is 4. The summed E-state index contributed by atoms with van der Waals surface area (Å²) < 4.78 is 24.5. The number of alkyl halides is 1. The monoisotopic (exact) mass is 363 g/mol. The van der Waals surface area contributed by atoms with Crippen molar-refractivity contribution in [2.24, 2.45) is 0 Å². The Morgan fingerprint density at radius 1 is 0.880 bits per heavy atom. The fourth-order valence-electron chi connectivity index (χ4n) is 2.16. The van der Waals surface area contributed by atoms with Gasteiger partial charge in [0.05, 0.1) is 0 Å². The molecule has 1 rings (SSSR count). The van der Waals surface area contributed by atoms with Crippen LogP contribution in [-0.4, -0.2) is 61.6 Å². The van der Waals surface area contributed by atoms with Crippen molar-refractivity contribution in [1.82, 2.24) is 4.90 Å². The van der Waals surface area contributed by atoms with Gasteiger partial charge in [-0.15, -0.1) is 0 Å². The molecule has 2 amide bonds. The summed E-state index contributed by atoms with van der Waals surface area (Å²) in [5, 5.41) is 18.4. The summed E-state index contributed by atoms with van der Waals surface area (Å²) in [5.41, 5.74) is -8.57. The number of halogens is 1. The molecule has 0 heterocycles. The number of hydrogen-bond donors (Lipinski definition) is 2. The van der Waals surface area contributed by atoms with Crippen molar-refractivity contribution in [2.75, 3.05) is 0 Å². The largest absolute Gasteiger partial charge is 0.479 e. The molecule has 2 atom stereocenters. The van der Waals surface area contributed by atoms with Crippen molar-refractivity contribution in [2.45, 2.75) is 70.4 Å². The van der Waals surface area contributed by atoms with Crippen LogP contribution in [0, 0.1) is 0 Å². The van der Waals surface area contributed by atoms with Gasteiger partial charge in [0.25, 0.3) is 0 Å². The lowest BCUT2D eigenvalue weighted by atomic mass is 10.1. The number of hydrogen-bond acceptors (Lipinski definition) is 6. The highest BCUT2D eigenvalue weighted by atomic mass is 19.1. The second-order valence-electron chi connectivity index (χ2n) is 7.74. The lowest BCUT2D eigenvalue weighted by Crippen LogP contribution is -2.58. The SMILES string of the molecule is CC(C)(C)OC(=O)N(C(=O)OC(C)(C)C)[C@]1(C(=O)O)C[C@@]1(F)C(=O)O. The maximum Gasteiger partial charge on any atom is 0.421 e. The minimum Gasteiger partial charge on any atom is -0.479 e. The standard InChI is InChI=1S/C15H22FNO8/c1-12(2,3)24-10(22)17(11(23)25-13(4,5)6)15(9(20)21)7-14(15,16)8(18)19/h7H2,1-6H3,(H,18,19)(H,20,21)/t14-,15+/m1/s1. The third-order valence-electron chi connectivity index (χ3n) is 3.26. The molecular formula is C15H22FNO8. The van der Waals surface area contributed by atoms with Crippen LogP contribution < -0.4 is 0 Å². The van der Waals surface area contributed by atoms with E-state index in [2.05, 4.69) is 0 Å². The lowest BCUT2D eigenvalue weighted by Gasteiger charge is -2.32. The van der Waals surface area contributed by atoms with Crippen molar-refractivity contribution >= 4 is 24.1 Å². The van der Waals surface area contributed by atoms with Crippen LogP contribution in [0.5, 0.6) is 0 Å². The molecule has 1 aliphatic rings. The Balaban J connectivity index is 3.41. The molecule has 0 aliphatic heterocycles. The van der Waals surface area contributed by atoms with Gasteiger partial charge >= 0.3 is 24.1 Å². The molecule has 25 heavy (non-hydrogen) atoms. The van der Waals surface area contributed by atoms with Gasteiger partial charge in [-0.2, -0.15) is 4.90 Å². The highest BCUT2D eigenvalue weighted by molar-refractivity contribution is 6.06. The Morgan fingerprint density at radius 2 is 1.24 bits per heavy atom. The van der Waals surface area contributed by atoms with E-state index in [1.54, 1.807) is 0 Å². The molecule has 10 heteroatoms. The first kappa shape index (κ1) is 20.7. The van der Waals surface area contributed by atoms with Crippen molar-refractivity contribution in [1.29, 1.82) is 0 Å². The third kappa shape index (κ3) is 3.83. The van der Waals surface area contributed by atoms with E-state index in [-0.39, 0.29) is 4.90 Å². The summed E-state index contributed by atoms with van der Waals surface area (Å²) >= 11 is 0. The van der Waals surface area contributed by atoms with Gasteiger partial charge in [0.1, 0.15) is 11.2 Å². The summed E-state index contributed by atoms with van der Waals surface area (Å²) in [6.07, 6.45) is -4.13. The van der Waals surface area contributed by atoms with Crippen molar-refractivity contribution in [3.8, 4) is 0 Å². The number of imide groups is 1. The lowest BCUT2D eigenvalue weighted by molar-refractivity contribution is -0.155. The average Bonchev–Trinajstić information content (AvgIpc) is 2.93.